The Kier molecular flexibility index (Phi) is 6.67. The van der Waals surface area contributed by atoms with Crippen molar-refractivity contribution in [3.8, 4) is 11.3 Å². The molecule has 2 amide bonds. The Morgan fingerprint density at radius 2 is 1.94 bits per heavy atom. The maximum atomic E-state index is 12.3. The number of carbonyl (C=O) groups excluding carboxylic acids is 2. The van der Waals surface area contributed by atoms with Crippen molar-refractivity contribution in [1.29, 1.82) is 0 Å². The zero-order chi connectivity index (χ0) is 21.6. The summed E-state index contributed by atoms with van der Waals surface area (Å²) >= 11 is 5.83. The van der Waals surface area contributed by atoms with Crippen LogP contribution in [0.1, 0.15) is 41.9 Å². The Morgan fingerprint density at radius 1 is 1.10 bits per heavy atom. The normalized spacial score (nSPS) is 12.8. The number of imidazole rings is 1. The fraction of sp³-hybridized carbons (Fsp3) is 0.292. The van der Waals surface area contributed by atoms with E-state index in [4.69, 9.17) is 16.6 Å². The standard InChI is InChI=1S/C24H25ClN4O2/c25-19-11-9-17(10-12-19)24(31)26-13-4-8-23(30)27-20-6-3-5-18(15-20)21-16-29-14-2-1-7-22(29)28-21/h3,5-6,9-12,15-16H,1-2,4,7-8,13-14H2,(H,26,31)(H,27,30). The van der Waals surface area contributed by atoms with Gasteiger partial charge in [-0.05, 0) is 55.7 Å². The van der Waals surface area contributed by atoms with Gasteiger partial charge in [0.25, 0.3) is 5.91 Å². The Labute approximate surface area is 186 Å². The van der Waals surface area contributed by atoms with Gasteiger partial charge < -0.3 is 15.2 Å². The second-order valence-electron chi connectivity index (χ2n) is 7.69. The summed E-state index contributed by atoms with van der Waals surface area (Å²) in [6.07, 6.45) is 6.37. The molecule has 2 heterocycles. The van der Waals surface area contributed by atoms with E-state index in [0.29, 0.717) is 30.0 Å². The molecule has 3 aromatic rings. The van der Waals surface area contributed by atoms with E-state index in [1.165, 1.54) is 12.8 Å². The third-order valence-electron chi connectivity index (χ3n) is 5.32. The van der Waals surface area contributed by atoms with Crippen molar-refractivity contribution in [2.24, 2.45) is 0 Å². The minimum Gasteiger partial charge on any atom is -0.352 e. The summed E-state index contributed by atoms with van der Waals surface area (Å²) < 4.78 is 2.22. The van der Waals surface area contributed by atoms with E-state index in [-0.39, 0.29) is 11.8 Å². The highest BCUT2D eigenvalue weighted by atomic mass is 35.5. The topological polar surface area (TPSA) is 76.0 Å². The van der Waals surface area contributed by atoms with E-state index in [1.807, 2.05) is 24.3 Å². The molecule has 2 aromatic carbocycles. The predicted octanol–water partition coefficient (Wildman–Crippen LogP) is 4.69. The quantitative estimate of drug-likeness (QED) is 0.527. The molecule has 0 fully saturated rings. The summed E-state index contributed by atoms with van der Waals surface area (Å²) in [5.41, 5.74) is 3.23. The summed E-state index contributed by atoms with van der Waals surface area (Å²) in [5, 5.41) is 6.35. The number of fused-ring (bicyclic) bond motifs is 1. The third-order valence-corrected chi connectivity index (χ3v) is 5.58. The van der Waals surface area contributed by atoms with Gasteiger partial charge in [-0.3, -0.25) is 9.59 Å². The van der Waals surface area contributed by atoms with Gasteiger partial charge in [0.2, 0.25) is 5.91 Å². The Morgan fingerprint density at radius 3 is 2.74 bits per heavy atom. The van der Waals surface area contributed by atoms with Crippen molar-refractivity contribution in [2.75, 3.05) is 11.9 Å². The van der Waals surface area contributed by atoms with Crippen LogP contribution in [0.3, 0.4) is 0 Å². The number of hydrogen-bond acceptors (Lipinski definition) is 3. The van der Waals surface area contributed by atoms with Crippen molar-refractivity contribution in [3.05, 3.63) is 71.1 Å². The van der Waals surface area contributed by atoms with Crippen molar-refractivity contribution >= 4 is 29.1 Å². The average molecular weight is 437 g/mol. The molecule has 6 nitrogen and oxygen atoms in total. The number of halogens is 1. The summed E-state index contributed by atoms with van der Waals surface area (Å²) in [7, 11) is 0. The monoisotopic (exact) mass is 436 g/mol. The molecule has 7 heteroatoms. The fourth-order valence-electron chi connectivity index (χ4n) is 3.69. The molecule has 2 N–H and O–H groups in total. The largest absolute Gasteiger partial charge is 0.352 e. The second-order valence-corrected chi connectivity index (χ2v) is 8.12. The Hall–Kier alpha value is -3.12. The van der Waals surface area contributed by atoms with Crippen LogP contribution < -0.4 is 10.6 Å². The molecule has 1 aromatic heterocycles. The van der Waals surface area contributed by atoms with Gasteiger partial charge >= 0.3 is 0 Å². The maximum absolute atomic E-state index is 12.3. The highest BCUT2D eigenvalue weighted by molar-refractivity contribution is 6.30. The van der Waals surface area contributed by atoms with Gasteiger partial charge in [0.05, 0.1) is 5.69 Å². The number of aryl methyl sites for hydroxylation is 2. The lowest BCUT2D eigenvalue weighted by Gasteiger charge is -2.11. The van der Waals surface area contributed by atoms with Crippen LogP contribution >= 0.6 is 11.6 Å². The highest BCUT2D eigenvalue weighted by Gasteiger charge is 2.14. The van der Waals surface area contributed by atoms with Crippen LogP contribution in [-0.2, 0) is 17.8 Å². The fourth-order valence-corrected chi connectivity index (χ4v) is 3.81. The molecule has 1 aliphatic heterocycles. The molecular weight excluding hydrogens is 412 g/mol. The van der Waals surface area contributed by atoms with Crippen molar-refractivity contribution in [1.82, 2.24) is 14.9 Å². The molecule has 4 rings (SSSR count). The average Bonchev–Trinajstić information content (AvgIpc) is 3.22. The van der Waals surface area contributed by atoms with Gasteiger partial charge in [-0.1, -0.05) is 23.7 Å². The summed E-state index contributed by atoms with van der Waals surface area (Å²) in [5.74, 6) is 0.880. The molecule has 0 unspecified atom stereocenters. The Balaban J connectivity index is 1.26. The molecule has 0 atom stereocenters. The molecular formula is C24H25ClN4O2. The number of aromatic nitrogens is 2. The lowest BCUT2D eigenvalue weighted by atomic mass is 10.1. The summed E-state index contributed by atoms with van der Waals surface area (Å²) in [6.45, 7) is 1.45. The SMILES string of the molecule is O=C(CCCNC(=O)c1ccc(Cl)cc1)Nc1cccc(-c2cn3c(n2)CCCC3)c1. The smallest absolute Gasteiger partial charge is 0.251 e. The minimum atomic E-state index is -0.174. The van der Waals surface area contributed by atoms with E-state index in [1.54, 1.807) is 24.3 Å². The van der Waals surface area contributed by atoms with Gasteiger partial charge in [-0.25, -0.2) is 4.98 Å². The van der Waals surface area contributed by atoms with Crippen LogP contribution in [0.25, 0.3) is 11.3 Å². The van der Waals surface area contributed by atoms with Gasteiger partial charge in [-0.2, -0.15) is 0 Å². The number of carbonyl (C=O) groups is 2. The third kappa shape index (κ3) is 5.52. The number of hydrogen-bond donors (Lipinski definition) is 2. The first kappa shape index (κ1) is 21.1. The lowest BCUT2D eigenvalue weighted by molar-refractivity contribution is -0.116. The first-order chi connectivity index (χ1) is 15.1. The van der Waals surface area contributed by atoms with Crippen LogP contribution in [0.2, 0.25) is 5.02 Å². The lowest BCUT2D eigenvalue weighted by Crippen LogP contribution is -2.25. The highest BCUT2D eigenvalue weighted by Crippen LogP contribution is 2.25. The number of nitrogens with zero attached hydrogens (tertiary/aromatic N) is 2. The number of amides is 2. The van der Waals surface area contributed by atoms with Crippen molar-refractivity contribution in [2.45, 2.75) is 38.6 Å². The molecule has 0 aliphatic carbocycles. The number of rotatable bonds is 7. The second kappa shape index (κ2) is 9.79. The van der Waals surface area contributed by atoms with E-state index in [9.17, 15) is 9.59 Å². The Bertz CT molecular complexity index is 1050. The zero-order valence-corrected chi connectivity index (χ0v) is 18.0. The van der Waals surface area contributed by atoms with Crippen LogP contribution in [0.4, 0.5) is 5.69 Å². The minimum absolute atomic E-state index is 0.0815. The van der Waals surface area contributed by atoms with E-state index in [0.717, 1.165) is 35.7 Å². The first-order valence-electron chi connectivity index (χ1n) is 10.6. The van der Waals surface area contributed by atoms with Gasteiger partial charge in [-0.15, -0.1) is 0 Å². The zero-order valence-electron chi connectivity index (χ0n) is 17.2. The van der Waals surface area contributed by atoms with Crippen LogP contribution in [0, 0.1) is 0 Å². The number of anilines is 1. The van der Waals surface area contributed by atoms with Crippen LogP contribution in [0.5, 0.6) is 0 Å². The molecule has 160 valence electrons. The van der Waals surface area contributed by atoms with E-state index < -0.39 is 0 Å². The summed E-state index contributed by atoms with van der Waals surface area (Å²) in [6, 6.07) is 14.5. The summed E-state index contributed by atoms with van der Waals surface area (Å²) in [4.78, 5) is 29.1. The van der Waals surface area contributed by atoms with Gasteiger partial charge in [0.1, 0.15) is 5.82 Å². The maximum Gasteiger partial charge on any atom is 0.251 e. The molecule has 0 radical (unpaired) electrons. The van der Waals surface area contributed by atoms with Crippen LogP contribution in [-0.4, -0.2) is 27.9 Å². The van der Waals surface area contributed by atoms with Gasteiger partial charge in [0.15, 0.2) is 0 Å². The van der Waals surface area contributed by atoms with E-state index >= 15 is 0 Å². The van der Waals surface area contributed by atoms with Crippen molar-refractivity contribution in [3.63, 3.8) is 0 Å². The molecule has 1 aliphatic rings. The molecule has 0 saturated heterocycles. The number of benzene rings is 2. The van der Waals surface area contributed by atoms with Crippen LogP contribution in [0.15, 0.2) is 54.7 Å². The predicted molar refractivity (Wildman–Crippen MR) is 122 cm³/mol. The molecule has 0 bridgehead atoms. The van der Waals surface area contributed by atoms with Gasteiger partial charge in [0, 0.05) is 54.0 Å². The number of nitrogens with one attached hydrogen (secondary N) is 2. The molecule has 0 spiro atoms. The van der Waals surface area contributed by atoms with Crippen molar-refractivity contribution < 1.29 is 9.59 Å². The molecule has 0 saturated carbocycles. The van der Waals surface area contributed by atoms with E-state index in [2.05, 4.69) is 21.4 Å². The first-order valence-corrected chi connectivity index (χ1v) is 11.0. The molecule has 31 heavy (non-hydrogen) atoms.